The van der Waals surface area contributed by atoms with Gasteiger partial charge >= 0.3 is 11.8 Å². The number of H-pyrrole nitrogens is 1. The van der Waals surface area contributed by atoms with Gasteiger partial charge in [0.1, 0.15) is 5.56 Å². The average molecular weight is 323 g/mol. The van der Waals surface area contributed by atoms with Crippen molar-refractivity contribution in [3.8, 4) is 0 Å². The SMILES string of the molecule is CCOC(=O)NC(=O)c1cn(Cc2cccs2)c(=O)[nH]c1=O. The van der Waals surface area contributed by atoms with E-state index >= 15 is 0 Å². The number of rotatable bonds is 4. The molecule has 0 aliphatic carbocycles. The van der Waals surface area contributed by atoms with Gasteiger partial charge in [-0.2, -0.15) is 0 Å². The first-order valence-electron chi connectivity index (χ1n) is 6.35. The van der Waals surface area contributed by atoms with Crippen LogP contribution in [-0.2, 0) is 11.3 Å². The third kappa shape index (κ3) is 3.70. The van der Waals surface area contributed by atoms with Gasteiger partial charge in [0.15, 0.2) is 0 Å². The van der Waals surface area contributed by atoms with E-state index < -0.39 is 23.2 Å². The van der Waals surface area contributed by atoms with Crippen LogP contribution >= 0.6 is 11.3 Å². The third-order valence-corrected chi connectivity index (χ3v) is 3.51. The molecule has 0 aliphatic heterocycles. The molecule has 0 radical (unpaired) electrons. The minimum absolute atomic E-state index is 0.0906. The Morgan fingerprint density at radius 2 is 2.18 bits per heavy atom. The van der Waals surface area contributed by atoms with Gasteiger partial charge in [0, 0.05) is 11.1 Å². The van der Waals surface area contributed by atoms with Crippen LogP contribution in [-0.4, -0.2) is 28.2 Å². The normalized spacial score (nSPS) is 10.2. The summed E-state index contributed by atoms with van der Waals surface area (Å²) in [6, 6.07) is 3.64. The number of aromatic amines is 1. The van der Waals surface area contributed by atoms with E-state index in [9.17, 15) is 19.2 Å². The minimum Gasteiger partial charge on any atom is -0.450 e. The number of hydrogen-bond acceptors (Lipinski definition) is 6. The molecular weight excluding hydrogens is 310 g/mol. The summed E-state index contributed by atoms with van der Waals surface area (Å²) in [6.07, 6.45) is 0.165. The molecule has 0 fully saturated rings. The maximum Gasteiger partial charge on any atom is 0.414 e. The molecule has 2 heterocycles. The average Bonchev–Trinajstić information content (AvgIpc) is 2.94. The predicted octanol–water partition coefficient (Wildman–Crippen LogP) is 0.533. The topological polar surface area (TPSA) is 110 Å². The second kappa shape index (κ2) is 6.85. The standard InChI is InChI=1S/C13H13N3O5S/c1-2-21-13(20)15-11(18)9-7-16(12(19)14-10(9)17)6-8-4-3-5-22-8/h3-5,7H,2,6H2,1H3,(H,14,17,19)(H,15,18,20). The molecule has 0 saturated heterocycles. The number of nitrogens with zero attached hydrogens (tertiary/aromatic N) is 1. The Morgan fingerprint density at radius 3 is 2.82 bits per heavy atom. The minimum atomic E-state index is -0.956. The van der Waals surface area contributed by atoms with Crippen molar-refractivity contribution in [2.75, 3.05) is 6.61 Å². The first kappa shape index (κ1) is 15.7. The summed E-state index contributed by atoms with van der Waals surface area (Å²) in [7, 11) is 0. The predicted molar refractivity (Wildman–Crippen MR) is 79.2 cm³/mol. The van der Waals surface area contributed by atoms with Crippen LogP contribution in [0.25, 0.3) is 0 Å². The summed E-state index contributed by atoms with van der Waals surface area (Å²) in [5, 5.41) is 3.76. The highest BCUT2D eigenvalue weighted by Gasteiger charge is 2.16. The van der Waals surface area contributed by atoms with Gasteiger partial charge in [-0.25, -0.2) is 9.59 Å². The molecule has 0 unspecified atom stereocenters. The van der Waals surface area contributed by atoms with Gasteiger partial charge in [-0.15, -0.1) is 11.3 Å². The van der Waals surface area contributed by atoms with Crippen molar-refractivity contribution >= 4 is 23.3 Å². The number of ether oxygens (including phenoxy) is 1. The van der Waals surface area contributed by atoms with Crippen molar-refractivity contribution in [1.29, 1.82) is 0 Å². The van der Waals surface area contributed by atoms with Crippen LogP contribution in [0, 0.1) is 0 Å². The molecule has 0 aliphatic rings. The number of amides is 2. The van der Waals surface area contributed by atoms with Crippen molar-refractivity contribution in [3.05, 3.63) is 55.0 Å². The number of imide groups is 1. The molecule has 2 rings (SSSR count). The van der Waals surface area contributed by atoms with Crippen LogP contribution in [0.5, 0.6) is 0 Å². The molecule has 2 N–H and O–H groups in total. The van der Waals surface area contributed by atoms with Crippen LogP contribution in [0.2, 0.25) is 0 Å². The summed E-state index contributed by atoms with van der Waals surface area (Å²) < 4.78 is 5.75. The van der Waals surface area contributed by atoms with Gasteiger partial charge in [-0.05, 0) is 18.4 Å². The Morgan fingerprint density at radius 1 is 1.41 bits per heavy atom. The molecule has 0 bridgehead atoms. The van der Waals surface area contributed by atoms with Crippen LogP contribution in [0.4, 0.5) is 4.79 Å². The lowest BCUT2D eigenvalue weighted by molar-refractivity contribution is 0.0922. The summed E-state index contributed by atoms with van der Waals surface area (Å²) in [5.41, 5.74) is -1.84. The molecule has 0 aromatic carbocycles. The van der Waals surface area contributed by atoms with Gasteiger partial charge in [-0.3, -0.25) is 24.5 Å². The molecule has 8 nitrogen and oxygen atoms in total. The highest BCUT2D eigenvalue weighted by molar-refractivity contribution is 7.09. The maximum atomic E-state index is 11.9. The number of alkyl carbamates (subject to hydrolysis) is 1. The summed E-state index contributed by atoms with van der Waals surface area (Å²) in [6.45, 7) is 1.89. The molecule has 0 saturated carbocycles. The second-order valence-corrected chi connectivity index (χ2v) is 5.22. The number of carbonyl (C=O) groups excluding carboxylic acids is 2. The zero-order chi connectivity index (χ0) is 16.1. The highest BCUT2D eigenvalue weighted by atomic mass is 32.1. The lowest BCUT2D eigenvalue weighted by Gasteiger charge is -2.07. The van der Waals surface area contributed by atoms with Crippen LogP contribution in [0.1, 0.15) is 22.2 Å². The Hall–Kier alpha value is -2.68. The van der Waals surface area contributed by atoms with Crippen LogP contribution in [0.3, 0.4) is 0 Å². The molecule has 116 valence electrons. The Balaban J connectivity index is 2.28. The highest BCUT2D eigenvalue weighted by Crippen LogP contribution is 2.09. The van der Waals surface area contributed by atoms with Crippen molar-refractivity contribution in [2.45, 2.75) is 13.5 Å². The molecule has 2 amide bonds. The number of thiophene rings is 1. The molecule has 2 aromatic rings. The van der Waals surface area contributed by atoms with Crippen molar-refractivity contribution in [2.24, 2.45) is 0 Å². The molecule has 0 atom stereocenters. The maximum absolute atomic E-state index is 11.9. The Labute approximate surface area is 128 Å². The summed E-state index contributed by atoms with van der Waals surface area (Å²) in [4.78, 5) is 49.5. The van der Waals surface area contributed by atoms with E-state index in [-0.39, 0.29) is 18.7 Å². The van der Waals surface area contributed by atoms with Gasteiger partial charge in [-0.1, -0.05) is 6.07 Å². The first-order chi connectivity index (χ1) is 10.5. The number of carbonyl (C=O) groups is 2. The van der Waals surface area contributed by atoms with E-state index in [4.69, 9.17) is 0 Å². The lowest BCUT2D eigenvalue weighted by atomic mass is 10.3. The van der Waals surface area contributed by atoms with Crippen LogP contribution < -0.4 is 16.6 Å². The van der Waals surface area contributed by atoms with E-state index in [0.29, 0.717) is 0 Å². The first-order valence-corrected chi connectivity index (χ1v) is 7.23. The summed E-state index contributed by atoms with van der Waals surface area (Å²) >= 11 is 1.44. The molecular formula is C13H13N3O5S. The van der Waals surface area contributed by atoms with E-state index in [1.807, 2.05) is 27.8 Å². The van der Waals surface area contributed by atoms with Gasteiger partial charge in [0.25, 0.3) is 11.5 Å². The van der Waals surface area contributed by atoms with E-state index in [1.165, 1.54) is 15.9 Å². The smallest absolute Gasteiger partial charge is 0.414 e. The lowest BCUT2D eigenvalue weighted by Crippen LogP contribution is -2.39. The summed E-state index contributed by atoms with van der Waals surface area (Å²) in [5.74, 6) is -0.931. The van der Waals surface area contributed by atoms with E-state index in [1.54, 1.807) is 6.92 Å². The van der Waals surface area contributed by atoms with Crippen molar-refractivity contribution < 1.29 is 14.3 Å². The third-order valence-electron chi connectivity index (χ3n) is 2.65. The van der Waals surface area contributed by atoms with Gasteiger partial charge in [0.2, 0.25) is 0 Å². The Kier molecular flexibility index (Phi) is 4.89. The van der Waals surface area contributed by atoms with Crippen molar-refractivity contribution in [3.63, 3.8) is 0 Å². The molecule has 2 aromatic heterocycles. The number of nitrogens with one attached hydrogen (secondary N) is 2. The zero-order valence-corrected chi connectivity index (χ0v) is 12.4. The molecule has 9 heteroatoms. The zero-order valence-electron chi connectivity index (χ0n) is 11.6. The van der Waals surface area contributed by atoms with Gasteiger partial charge in [0.05, 0.1) is 13.2 Å². The Bertz CT molecular complexity index is 791. The number of aromatic nitrogens is 2. The van der Waals surface area contributed by atoms with Gasteiger partial charge < -0.3 is 4.74 Å². The van der Waals surface area contributed by atoms with Crippen molar-refractivity contribution in [1.82, 2.24) is 14.9 Å². The van der Waals surface area contributed by atoms with E-state index in [0.717, 1.165) is 11.1 Å². The second-order valence-electron chi connectivity index (χ2n) is 4.18. The quantitative estimate of drug-likeness (QED) is 0.853. The monoisotopic (exact) mass is 323 g/mol. The van der Waals surface area contributed by atoms with Crippen LogP contribution in [0.15, 0.2) is 33.3 Å². The molecule has 0 spiro atoms. The fraction of sp³-hybridized carbons (Fsp3) is 0.231. The number of hydrogen-bond donors (Lipinski definition) is 2. The fourth-order valence-electron chi connectivity index (χ4n) is 1.69. The largest absolute Gasteiger partial charge is 0.450 e. The fourth-order valence-corrected chi connectivity index (χ4v) is 2.39. The van der Waals surface area contributed by atoms with E-state index in [2.05, 4.69) is 4.74 Å². The molecule has 22 heavy (non-hydrogen) atoms.